The second-order valence-corrected chi connectivity index (χ2v) is 7.80. The van der Waals surface area contributed by atoms with Crippen molar-refractivity contribution in [2.45, 2.75) is 33.6 Å². The lowest BCUT2D eigenvalue weighted by molar-refractivity contribution is -0.151. The summed E-state index contributed by atoms with van der Waals surface area (Å²) < 4.78 is 5.67. The Bertz CT molecular complexity index is 781. The number of carboxylic acids is 1. The number of carboxylic acid groups (broad SMARTS) is 1. The summed E-state index contributed by atoms with van der Waals surface area (Å²) in [5.41, 5.74) is -0.234. The summed E-state index contributed by atoms with van der Waals surface area (Å²) >= 11 is 1.53. The zero-order valence-corrected chi connectivity index (χ0v) is 15.4. The van der Waals surface area contributed by atoms with E-state index < -0.39 is 11.4 Å². The molecule has 1 aliphatic heterocycles. The van der Waals surface area contributed by atoms with E-state index in [-0.39, 0.29) is 24.8 Å². The monoisotopic (exact) mass is 362 g/mol. The highest BCUT2D eigenvalue weighted by Crippen LogP contribution is 2.38. The molecule has 0 radical (unpaired) electrons. The molecule has 3 heterocycles. The van der Waals surface area contributed by atoms with Gasteiger partial charge in [0.05, 0.1) is 22.4 Å². The normalized spacial score (nSPS) is 20.4. The van der Waals surface area contributed by atoms with Crippen LogP contribution in [0.4, 0.5) is 0 Å². The highest BCUT2D eigenvalue weighted by Gasteiger charge is 2.48. The number of carbonyl (C=O) groups excluding carboxylic acids is 1. The summed E-state index contributed by atoms with van der Waals surface area (Å²) in [6.07, 6.45) is 0.623. The van der Waals surface area contributed by atoms with Crippen molar-refractivity contribution in [2.75, 3.05) is 13.1 Å². The predicted octanol–water partition coefficient (Wildman–Crippen LogP) is 3.21. The zero-order valence-electron chi connectivity index (χ0n) is 14.6. The van der Waals surface area contributed by atoms with Gasteiger partial charge in [0, 0.05) is 13.1 Å². The van der Waals surface area contributed by atoms with Crippen LogP contribution in [0.2, 0.25) is 0 Å². The van der Waals surface area contributed by atoms with Gasteiger partial charge in [-0.05, 0) is 30.7 Å². The Morgan fingerprint density at radius 1 is 1.48 bits per heavy atom. The number of thiophene rings is 1. The van der Waals surface area contributed by atoms with E-state index in [4.69, 9.17) is 4.42 Å². The van der Waals surface area contributed by atoms with Crippen LogP contribution in [0.3, 0.4) is 0 Å². The van der Waals surface area contributed by atoms with Crippen LogP contribution in [-0.4, -0.2) is 40.0 Å². The molecule has 3 rings (SSSR count). The quantitative estimate of drug-likeness (QED) is 0.883. The first kappa shape index (κ1) is 17.7. The second-order valence-electron chi connectivity index (χ2n) is 6.86. The molecule has 0 aromatic carbocycles. The molecule has 1 unspecified atom stereocenters. The maximum Gasteiger partial charge on any atom is 0.311 e. The van der Waals surface area contributed by atoms with Crippen LogP contribution < -0.4 is 0 Å². The molecule has 0 aliphatic carbocycles. The van der Waals surface area contributed by atoms with Gasteiger partial charge in [-0.15, -0.1) is 11.3 Å². The molecule has 25 heavy (non-hydrogen) atoms. The number of oxazole rings is 1. The molecule has 134 valence electrons. The van der Waals surface area contributed by atoms with E-state index in [1.54, 1.807) is 11.8 Å². The summed E-state index contributed by atoms with van der Waals surface area (Å²) in [5, 5.41) is 11.6. The average molecular weight is 362 g/mol. The summed E-state index contributed by atoms with van der Waals surface area (Å²) in [7, 11) is 0. The van der Waals surface area contributed by atoms with Crippen molar-refractivity contribution < 1.29 is 19.1 Å². The van der Waals surface area contributed by atoms with Crippen LogP contribution in [0.15, 0.2) is 21.9 Å². The van der Waals surface area contributed by atoms with E-state index in [1.807, 2.05) is 31.4 Å². The molecule has 1 N–H and O–H groups in total. The standard InChI is InChI=1S/C18H22N2O4S/c1-11(2)18(17(22)23)6-7-20(10-18)15(21)9-13-12(3)24-16(19-13)14-5-4-8-25-14/h4-5,8,11H,6-7,9-10H2,1-3H3,(H,22,23). The number of aromatic nitrogens is 1. The first-order valence-electron chi connectivity index (χ1n) is 8.35. The Morgan fingerprint density at radius 3 is 2.80 bits per heavy atom. The van der Waals surface area contributed by atoms with Crippen LogP contribution in [0.1, 0.15) is 31.7 Å². The fourth-order valence-corrected chi connectivity index (χ4v) is 3.94. The second kappa shape index (κ2) is 6.63. The SMILES string of the molecule is Cc1oc(-c2cccs2)nc1CC(=O)N1CCC(C(=O)O)(C(C)C)C1. The Morgan fingerprint density at radius 2 is 2.24 bits per heavy atom. The van der Waals surface area contributed by atoms with Gasteiger partial charge in [0.15, 0.2) is 0 Å². The first-order chi connectivity index (χ1) is 11.8. The number of aliphatic carboxylic acids is 1. The van der Waals surface area contributed by atoms with E-state index in [0.717, 1.165) is 4.88 Å². The lowest BCUT2D eigenvalue weighted by Crippen LogP contribution is -2.41. The van der Waals surface area contributed by atoms with Crippen molar-refractivity contribution in [1.29, 1.82) is 0 Å². The predicted molar refractivity (Wildman–Crippen MR) is 94.4 cm³/mol. The van der Waals surface area contributed by atoms with Gasteiger partial charge in [-0.25, -0.2) is 4.98 Å². The van der Waals surface area contributed by atoms with Crippen molar-refractivity contribution in [3.63, 3.8) is 0 Å². The Kier molecular flexibility index (Phi) is 4.69. The topological polar surface area (TPSA) is 83.6 Å². The molecule has 0 saturated carbocycles. The van der Waals surface area contributed by atoms with Gasteiger partial charge in [0.2, 0.25) is 11.8 Å². The third kappa shape index (κ3) is 3.20. The average Bonchev–Trinajstić information content (AvgIpc) is 3.26. The Labute approximate surface area is 150 Å². The molecule has 2 aromatic rings. The van der Waals surface area contributed by atoms with Crippen LogP contribution >= 0.6 is 11.3 Å². The maximum atomic E-state index is 12.6. The molecule has 1 fully saturated rings. The number of carbonyl (C=O) groups is 2. The molecule has 2 aromatic heterocycles. The van der Waals surface area contributed by atoms with E-state index >= 15 is 0 Å². The summed E-state index contributed by atoms with van der Waals surface area (Å²) in [5.74, 6) is 0.207. The zero-order chi connectivity index (χ0) is 18.2. The number of hydrogen-bond donors (Lipinski definition) is 1. The van der Waals surface area contributed by atoms with Gasteiger partial charge in [-0.1, -0.05) is 19.9 Å². The number of rotatable bonds is 5. The fourth-order valence-electron chi connectivity index (χ4n) is 3.29. The number of aryl methyl sites for hydroxylation is 1. The van der Waals surface area contributed by atoms with Crippen molar-refractivity contribution in [3.8, 4) is 10.8 Å². The first-order valence-corrected chi connectivity index (χ1v) is 9.23. The van der Waals surface area contributed by atoms with E-state index in [1.165, 1.54) is 11.3 Å². The summed E-state index contributed by atoms with van der Waals surface area (Å²) in [6.45, 7) is 6.33. The van der Waals surface area contributed by atoms with E-state index in [9.17, 15) is 14.7 Å². The highest BCUT2D eigenvalue weighted by atomic mass is 32.1. The van der Waals surface area contributed by atoms with Crippen LogP contribution in [-0.2, 0) is 16.0 Å². The molecular weight excluding hydrogens is 340 g/mol. The van der Waals surface area contributed by atoms with Gasteiger partial charge in [-0.3, -0.25) is 9.59 Å². The van der Waals surface area contributed by atoms with Gasteiger partial charge in [-0.2, -0.15) is 0 Å². The lowest BCUT2D eigenvalue weighted by Gasteiger charge is -2.28. The third-order valence-electron chi connectivity index (χ3n) is 5.13. The van der Waals surface area contributed by atoms with E-state index in [0.29, 0.717) is 30.3 Å². The van der Waals surface area contributed by atoms with Gasteiger partial charge in [0.25, 0.3) is 0 Å². The van der Waals surface area contributed by atoms with Crippen molar-refractivity contribution in [1.82, 2.24) is 9.88 Å². The highest BCUT2D eigenvalue weighted by molar-refractivity contribution is 7.13. The Hall–Kier alpha value is -2.15. The van der Waals surface area contributed by atoms with Crippen molar-refractivity contribution >= 4 is 23.2 Å². The number of amides is 1. The molecule has 1 saturated heterocycles. The van der Waals surface area contributed by atoms with Crippen LogP contribution in [0.5, 0.6) is 0 Å². The smallest absolute Gasteiger partial charge is 0.311 e. The van der Waals surface area contributed by atoms with Crippen molar-refractivity contribution in [2.24, 2.45) is 11.3 Å². The minimum atomic E-state index is -0.851. The summed E-state index contributed by atoms with van der Waals surface area (Å²) in [6, 6.07) is 3.85. The maximum absolute atomic E-state index is 12.6. The lowest BCUT2D eigenvalue weighted by atomic mass is 9.76. The fraction of sp³-hybridized carbons (Fsp3) is 0.500. The van der Waals surface area contributed by atoms with Crippen molar-refractivity contribution in [3.05, 3.63) is 29.0 Å². The number of nitrogens with zero attached hydrogens (tertiary/aromatic N) is 2. The molecule has 1 aliphatic rings. The molecular formula is C18H22N2O4S. The molecule has 0 bridgehead atoms. The van der Waals surface area contributed by atoms with Gasteiger partial charge in [0.1, 0.15) is 5.76 Å². The molecule has 0 spiro atoms. The number of hydrogen-bond acceptors (Lipinski definition) is 5. The Balaban J connectivity index is 1.72. The van der Waals surface area contributed by atoms with E-state index in [2.05, 4.69) is 4.98 Å². The molecule has 7 heteroatoms. The molecule has 1 amide bonds. The largest absolute Gasteiger partial charge is 0.481 e. The minimum Gasteiger partial charge on any atom is -0.481 e. The third-order valence-corrected chi connectivity index (χ3v) is 5.99. The molecule has 6 nitrogen and oxygen atoms in total. The van der Waals surface area contributed by atoms with Gasteiger partial charge >= 0.3 is 5.97 Å². The summed E-state index contributed by atoms with van der Waals surface area (Å²) in [4.78, 5) is 31.4. The minimum absolute atomic E-state index is 0.0259. The molecule has 1 atom stereocenters. The van der Waals surface area contributed by atoms with Crippen LogP contribution in [0.25, 0.3) is 10.8 Å². The van der Waals surface area contributed by atoms with Crippen LogP contribution in [0, 0.1) is 18.3 Å². The van der Waals surface area contributed by atoms with Gasteiger partial charge < -0.3 is 14.4 Å². The number of likely N-dealkylation sites (tertiary alicyclic amines) is 1.